The van der Waals surface area contributed by atoms with Crippen molar-refractivity contribution in [3.05, 3.63) is 64.8 Å². The number of esters is 2. The van der Waals surface area contributed by atoms with Gasteiger partial charge in [0.15, 0.2) is 0 Å². The van der Waals surface area contributed by atoms with Crippen LogP contribution in [0.15, 0.2) is 41.0 Å². The lowest BCUT2D eigenvalue weighted by molar-refractivity contribution is 0.0376. The first-order valence-electron chi connectivity index (χ1n) is 8.94. The number of hydrogen-bond donors (Lipinski definition) is 1. The van der Waals surface area contributed by atoms with Crippen LogP contribution in [0.4, 0.5) is 0 Å². The van der Waals surface area contributed by atoms with Crippen molar-refractivity contribution in [3.8, 4) is 11.5 Å². The highest BCUT2D eigenvalue weighted by Crippen LogP contribution is 2.22. The van der Waals surface area contributed by atoms with E-state index in [9.17, 15) is 9.59 Å². The standard InChI is InChI=1S/C21H22N2O5/c1-12(2)28-20(24)17-13(3)18(22-14(17)4)21(25)27-11-16-10-26-19(23-16)15-8-6-5-7-9-15/h5-10,12,22H,11H2,1-4H3. The lowest BCUT2D eigenvalue weighted by Gasteiger charge is -2.08. The number of aromatic amines is 1. The van der Waals surface area contributed by atoms with E-state index in [1.165, 1.54) is 6.26 Å². The van der Waals surface area contributed by atoms with E-state index in [4.69, 9.17) is 13.9 Å². The molecule has 2 aromatic heterocycles. The number of benzene rings is 1. The van der Waals surface area contributed by atoms with Crippen LogP contribution in [0, 0.1) is 13.8 Å². The molecule has 0 atom stereocenters. The number of oxazole rings is 1. The minimum atomic E-state index is -0.576. The lowest BCUT2D eigenvalue weighted by Crippen LogP contribution is -2.13. The predicted molar refractivity (Wildman–Crippen MR) is 102 cm³/mol. The second kappa shape index (κ2) is 8.12. The second-order valence-electron chi connectivity index (χ2n) is 6.67. The van der Waals surface area contributed by atoms with Gasteiger partial charge in [-0.3, -0.25) is 0 Å². The Morgan fingerprint density at radius 3 is 2.54 bits per heavy atom. The Balaban J connectivity index is 1.69. The molecule has 0 aliphatic carbocycles. The summed E-state index contributed by atoms with van der Waals surface area (Å²) in [5, 5.41) is 0. The summed E-state index contributed by atoms with van der Waals surface area (Å²) >= 11 is 0. The Morgan fingerprint density at radius 1 is 1.14 bits per heavy atom. The molecule has 3 aromatic rings. The van der Waals surface area contributed by atoms with Crippen LogP contribution in [0.25, 0.3) is 11.5 Å². The fourth-order valence-electron chi connectivity index (χ4n) is 2.83. The number of H-pyrrole nitrogens is 1. The van der Waals surface area contributed by atoms with E-state index in [-0.39, 0.29) is 18.4 Å². The highest BCUT2D eigenvalue weighted by Gasteiger charge is 2.24. The molecule has 7 nitrogen and oxygen atoms in total. The Hall–Kier alpha value is -3.35. The molecule has 0 saturated heterocycles. The maximum Gasteiger partial charge on any atom is 0.355 e. The van der Waals surface area contributed by atoms with Crippen LogP contribution in [0.3, 0.4) is 0 Å². The normalized spacial score (nSPS) is 10.9. The van der Waals surface area contributed by atoms with Crippen molar-refractivity contribution in [1.29, 1.82) is 0 Å². The van der Waals surface area contributed by atoms with Crippen LogP contribution in [0.5, 0.6) is 0 Å². The third-order valence-electron chi connectivity index (χ3n) is 4.11. The molecule has 146 valence electrons. The zero-order valence-corrected chi connectivity index (χ0v) is 16.2. The van der Waals surface area contributed by atoms with Crippen molar-refractivity contribution in [2.75, 3.05) is 0 Å². The fraction of sp³-hybridized carbons (Fsp3) is 0.286. The van der Waals surface area contributed by atoms with Crippen LogP contribution in [0.2, 0.25) is 0 Å². The summed E-state index contributed by atoms with van der Waals surface area (Å²) in [5.41, 5.74) is 2.96. The van der Waals surface area contributed by atoms with E-state index in [1.54, 1.807) is 27.7 Å². The van der Waals surface area contributed by atoms with Gasteiger partial charge in [-0.05, 0) is 45.4 Å². The van der Waals surface area contributed by atoms with E-state index in [1.807, 2.05) is 30.3 Å². The molecule has 0 spiro atoms. The number of nitrogens with one attached hydrogen (secondary N) is 1. The van der Waals surface area contributed by atoms with Crippen LogP contribution in [0.1, 0.15) is 51.6 Å². The van der Waals surface area contributed by atoms with Gasteiger partial charge in [0.1, 0.15) is 24.3 Å². The van der Waals surface area contributed by atoms with Gasteiger partial charge >= 0.3 is 11.9 Å². The highest BCUT2D eigenvalue weighted by atomic mass is 16.5. The van der Waals surface area contributed by atoms with Crippen molar-refractivity contribution < 1.29 is 23.5 Å². The summed E-state index contributed by atoms with van der Waals surface area (Å²) < 4.78 is 16.0. The zero-order chi connectivity index (χ0) is 20.3. The zero-order valence-electron chi connectivity index (χ0n) is 16.2. The van der Waals surface area contributed by atoms with Crippen LogP contribution in [-0.4, -0.2) is 28.0 Å². The summed E-state index contributed by atoms with van der Waals surface area (Å²) in [6.45, 7) is 6.89. The predicted octanol–water partition coefficient (Wildman–Crippen LogP) is 4.21. The first kappa shape index (κ1) is 19.4. The maximum absolute atomic E-state index is 12.5. The minimum Gasteiger partial charge on any atom is -0.459 e. The van der Waals surface area contributed by atoms with Crippen LogP contribution < -0.4 is 0 Å². The van der Waals surface area contributed by atoms with Crippen molar-refractivity contribution in [2.45, 2.75) is 40.4 Å². The van der Waals surface area contributed by atoms with Gasteiger partial charge in [-0.1, -0.05) is 18.2 Å². The van der Waals surface area contributed by atoms with E-state index in [0.717, 1.165) is 5.56 Å². The van der Waals surface area contributed by atoms with Crippen LogP contribution in [-0.2, 0) is 16.1 Å². The quantitative estimate of drug-likeness (QED) is 0.642. The van der Waals surface area contributed by atoms with E-state index in [0.29, 0.717) is 28.4 Å². The Labute approximate surface area is 162 Å². The molecule has 28 heavy (non-hydrogen) atoms. The largest absolute Gasteiger partial charge is 0.459 e. The average molecular weight is 382 g/mol. The number of carbonyl (C=O) groups excluding carboxylic acids is 2. The smallest absolute Gasteiger partial charge is 0.355 e. The molecule has 1 N–H and O–H groups in total. The monoisotopic (exact) mass is 382 g/mol. The van der Waals surface area contributed by atoms with Gasteiger partial charge in [-0.15, -0.1) is 0 Å². The summed E-state index contributed by atoms with van der Waals surface area (Å²) in [7, 11) is 0. The highest BCUT2D eigenvalue weighted by molar-refractivity contribution is 5.98. The lowest BCUT2D eigenvalue weighted by atomic mass is 10.1. The van der Waals surface area contributed by atoms with E-state index in [2.05, 4.69) is 9.97 Å². The third kappa shape index (κ3) is 4.14. The number of nitrogens with zero attached hydrogens (tertiary/aromatic N) is 1. The number of carbonyl (C=O) groups is 2. The molecular weight excluding hydrogens is 360 g/mol. The molecule has 7 heteroatoms. The summed E-state index contributed by atoms with van der Waals surface area (Å²) in [4.78, 5) is 31.9. The molecule has 3 rings (SSSR count). The molecule has 0 amide bonds. The molecule has 0 bridgehead atoms. The Kier molecular flexibility index (Phi) is 5.63. The number of rotatable bonds is 6. The summed E-state index contributed by atoms with van der Waals surface area (Å²) in [6, 6.07) is 9.44. The number of aromatic nitrogens is 2. The van der Waals surface area contributed by atoms with Crippen molar-refractivity contribution in [3.63, 3.8) is 0 Å². The number of hydrogen-bond acceptors (Lipinski definition) is 6. The topological polar surface area (TPSA) is 94.4 Å². The molecule has 0 aliphatic heterocycles. The average Bonchev–Trinajstić information content (AvgIpc) is 3.24. The Bertz CT molecular complexity index is 986. The molecular formula is C21H22N2O5. The van der Waals surface area contributed by atoms with Gasteiger partial charge in [0.25, 0.3) is 0 Å². The van der Waals surface area contributed by atoms with E-state index < -0.39 is 11.9 Å². The Morgan fingerprint density at radius 2 is 1.86 bits per heavy atom. The first-order chi connectivity index (χ1) is 13.4. The van der Waals surface area contributed by atoms with Crippen molar-refractivity contribution in [2.24, 2.45) is 0 Å². The third-order valence-corrected chi connectivity index (χ3v) is 4.11. The molecule has 0 fully saturated rings. The molecule has 2 heterocycles. The maximum atomic E-state index is 12.5. The van der Waals surface area contributed by atoms with Gasteiger partial charge in [0.2, 0.25) is 5.89 Å². The van der Waals surface area contributed by atoms with Crippen molar-refractivity contribution >= 4 is 11.9 Å². The molecule has 0 radical (unpaired) electrons. The van der Waals surface area contributed by atoms with E-state index >= 15 is 0 Å². The van der Waals surface area contributed by atoms with Gasteiger partial charge in [-0.2, -0.15) is 0 Å². The van der Waals surface area contributed by atoms with Crippen molar-refractivity contribution in [1.82, 2.24) is 9.97 Å². The molecule has 0 saturated carbocycles. The summed E-state index contributed by atoms with van der Waals surface area (Å²) in [5.74, 6) is -0.588. The van der Waals surface area contributed by atoms with Gasteiger partial charge in [0.05, 0.1) is 11.7 Å². The molecule has 1 aromatic carbocycles. The second-order valence-corrected chi connectivity index (χ2v) is 6.67. The SMILES string of the molecule is Cc1[nH]c(C(=O)OCc2coc(-c3ccccc3)n2)c(C)c1C(=O)OC(C)C. The first-order valence-corrected chi connectivity index (χ1v) is 8.94. The minimum absolute atomic E-state index is 0.0432. The van der Waals surface area contributed by atoms with Crippen LogP contribution >= 0.6 is 0 Å². The van der Waals surface area contributed by atoms with Gasteiger partial charge in [-0.25, -0.2) is 14.6 Å². The molecule has 0 unspecified atom stereocenters. The number of aryl methyl sites for hydroxylation is 1. The fourth-order valence-corrected chi connectivity index (χ4v) is 2.83. The summed E-state index contributed by atoms with van der Waals surface area (Å²) in [6.07, 6.45) is 1.20. The number of ether oxygens (including phenoxy) is 2. The molecule has 0 aliphatic rings. The van der Waals surface area contributed by atoms with Gasteiger partial charge in [0, 0.05) is 11.3 Å². The van der Waals surface area contributed by atoms with Gasteiger partial charge < -0.3 is 18.9 Å².